The Balaban J connectivity index is 2.39. The van der Waals surface area contributed by atoms with E-state index in [1.165, 1.54) is 0 Å². The third kappa shape index (κ3) is 2.09. The van der Waals surface area contributed by atoms with E-state index in [9.17, 15) is 0 Å². The molecule has 0 aliphatic rings. The van der Waals surface area contributed by atoms with Gasteiger partial charge in [-0.25, -0.2) is 4.98 Å². The molecule has 2 heterocycles. The van der Waals surface area contributed by atoms with Gasteiger partial charge >= 0.3 is 0 Å². The van der Waals surface area contributed by atoms with Crippen LogP contribution in [0.5, 0.6) is 0 Å². The Kier molecular flexibility index (Phi) is 2.84. The molecule has 3 rings (SSSR count). The number of imidazole rings is 1. The Bertz CT molecular complexity index is 855. The van der Waals surface area contributed by atoms with Crippen LogP contribution in [0.25, 0.3) is 22.6 Å². The van der Waals surface area contributed by atoms with Crippen LogP contribution in [0.2, 0.25) is 0 Å². The number of benzene rings is 1. The molecule has 1 aromatic carbocycles. The Labute approximate surface area is 123 Å². The van der Waals surface area contributed by atoms with E-state index in [0.29, 0.717) is 5.56 Å². The zero-order chi connectivity index (χ0) is 15.2. The van der Waals surface area contributed by atoms with Crippen molar-refractivity contribution >= 4 is 11.0 Å². The van der Waals surface area contributed by atoms with Crippen LogP contribution in [0.3, 0.4) is 0 Å². The number of hydrogen-bond acceptors (Lipinski definition) is 3. The SMILES string of the molecule is Cn1nccc1-c1nc2cc(C#N)ccc2n1C(C)(C)C. The predicted octanol–water partition coefficient (Wildman–Crippen LogP) is 3.06. The van der Waals surface area contributed by atoms with E-state index in [1.54, 1.807) is 6.20 Å². The van der Waals surface area contributed by atoms with Gasteiger partial charge < -0.3 is 4.57 Å². The number of fused-ring (bicyclic) bond motifs is 1. The van der Waals surface area contributed by atoms with Gasteiger partial charge in [-0.2, -0.15) is 10.4 Å². The molecule has 0 spiro atoms. The second kappa shape index (κ2) is 4.45. The van der Waals surface area contributed by atoms with Gasteiger partial charge in [0.1, 0.15) is 5.69 Å². The van der Waals surface area contributed by atoms with Gasteiger partial charge in [-0.1, -0.05) is 0 Å². The first-order chi connectivity index (χ1) is 9.91. The highest BCUT2D eigenvalue weighted by atomic mass is 15.3. The number of rotatable bonds is 1. The first kappa shape index (κ1) is 13.4. The van der Waals surface area contributed by atoms with Crippen LogP contribution >= 0.6 is 0 Å². The summed E-state index contributed by atoms with van der Waals surface area (Å²) < 4.78 is 4.01. The van der Waals surface area contributed by atoms with Gasteiger partial charge in [0.15, 0.2) is 5.82 Å². The number of aryl methyl sites for hydroxylation is 1. The van der Waals surface area contributed by atoms with Crippen LogP contribution in [0, 0.1) is 11.3 Å². The summed E-state index contributed by atoms with van der Waals surface area (Å²) in [5.74, 6) is 0.868. The summed E-state index contributed by atoms with van der Waals surface area (Å²) >= 11 is 0. The van der Waals surface area contributed by atoms with E-state index in [1.807, 2.05) is 36.0 Å². The maximum absolute atomic E-state index is 9.06. The average molecular weight is 279 g/mol. The molecule has 0 fully saturated rings. The fraction of sp³-hybridized carbons (Fsp3) is 0.312. The summed E-state index contributed by atoms with van der Waals surface area (Å²) in [6.45, 7) is 6.44. The van der Waals surface area contributed by atoms with Crippen LogP contribution in [0.15, 0.2) is 30.5 Å². The highest BCUT2D eigenvalue weighted by Gasteiger charge is 2.23. The molecule has 0 saturated heterocycles. The smallest absolute Gasteiger partial charge is 0.159 e. The number of nitriles is 1. The van der Waals surface area contributed by atoms with Gasteiger partial charge in [-0.3, -0.25) is 4.68 Å². The molecule has 21 heavy (non-hydrogen) atoms. The van der Waals surface area contributed by atoms with Crippen LogP contribution in [-0.2, 0) is 12.6 Å². The monoisotopic (exact) mass is 279 g/mol. The summed E-state index contributed by atoms with van der Waals surface area (Å²) in [5, 5.41) is 13.3. The van der Waals surface area contributed by atoms with Gasteiger partial charge in [0, 0.05) is 18.8 Å². The molecule has 5 nitrogen and oxygen atoms in total. The lowest BCUT2D eigenvalue weighted by Gasteiger charge is -2.24. The molecule has 3 aromatic rings. The topological polar surface area (TPSA) is 59.4 Å². The van der Waals surface area contributed by atoms with Crippen LogP contribution in [-0.4, -0.2) is 19.3 Å². The van der Waals surface area contributed by atoms with Crippen molar-refractivity contribution in [3.05, 3.63) is 36.0 Å². The molecule has 0 N–H and O–H groups in total. The quantitative estimate of drug-likeness (QED) is 0.688. The lowest BCUT2D eigenvalue weighted by atomic mass is 10.1. The zero-order valence-electron chi connectivity index (χ0n) is 12.6. The van der Waals surface area contributed by atoms with Gasteiger partial charge in [0.2, 0.25) is 0 Å². The fourth-order valence-corrected chi connectivity index (χ4v) is 2.59. The molecule has 0 amide bonds. The van der Waals surface area contributed by atoms with E-state index in [-0.39, 0.29) is 5.54 Å². The molecule has 0 radical (unpaired) electrons. The molecule has 106 valence electrons. The van der Waals surface area contributed by atoms with Crippen LogP contribution in [0.1, 0.15) is 26.3 Å². The largest absolute Gasteiger partial charge is 0.317 e. The van der Waals surface area contributed by atoms with Crippen molar-refractivity contribution in [2.24, 2.45) is 7.05 Å². The van der Waals surface area contributed by atoms with Crippen molar-refractivity contribution in [1.82, 2.24) is 19.3 Å². The third-order valence-corrected chi connectivity index (χ3v) is 3.50. The maximum Gasteiger partial charge on any atom is 0.159 e. The van der Waals surface area contributed by atoms with E-state index >= 15 is 0 Å². The first-order valence-corrected chi connectivity index (χ1v) is 6.83. The molecule has 0 unspecified atom stereocenters. The lowest BCUT2D eigenvalue weighted by molar-refractivity contribution is 0.412. The molecular formula is C16H17N5. The van der Waals surface area contributed by atoms with Gasteiger partial charge in [0.05, 0.1) is 22.7 Å². The normalized spacial score (nSPS) is 11.8. The Morgan fingerprint density at radius 1 is 1.19 bits per heavy atom. The predicted molar refractivity (Wildman–Crippen MR) is 81.6 cm³/mol. The third-order valence-electron chi connectivity index (χ3n) is 3.50. The first-order valence-electron chi connectivity index (χ1n) is 6.83. The van der Waals surface area contributed by atoms with Crippen molar-refractivity contribution in [2.75, 3.05) is 0 Å². The minimum absolute atomic E-state index is 0.123. The fourth-order valence-electron chi connectivity index (χ4n) is 2.59. The number of aromatic nitrogens is 4. The molecule has 0 bridgehead atoms. The molecular weight excluding hydrogens is 262 g/mol. The van der Waals surface area contributed by atoms with Crippen LogP contribution < -0.4 is 0 Å². The van der Waals surface area contributed by atoms with E-state index in [2.05, 4.69) is 36.5 Å². The molecule has 0 aliphatic heterocycles. The summed E-state index contributed by atoms with van der Waals surface area (Å²) in [4.78, 5) is 4.74. The second-order valence-corrected chi connectivity index (χ2v) is 6.10. The Morgan fingerprint density at radius 3 is 2.52 bits per heavy atom. The minimum atomic E-state index is -0.123. The Hall–Kier alpha value is -2.61. The average Bonchev–Trinajstić information content (AvgIpc) is 2.99. The molecule has 5 heteroatoms. The number of hydrogen-bond donors (Lipinski definition) is 0. The Morgan fingerprint density at radius 2 is 1.95 bits per heavy atom. The van der Waals surface area contributed by atoms with Gasteiger partial charge in [-0.05, 0) is 45.0 Å². The summed E-state index contributed by atoms with van der Waals surface area (Å²) in [6, 6.07) is 9.75. The van der Waals surface area contributed by atoms with Gasteiger partial charge in [-0.15, -0.1) is 0 Å². The molecule has 0 saturated carbocycles. The highest BCUT2D eigenvalue weighted by Crippen LogP contribution is 2.31. The minimum Gasteiger partial charge on any atom is -0.317 e. The van der Waals surface area contributed by atoms with E-state index in [4.69, 9.17) is 10.2 Å². The van der Waals surface area contributed by atoms with Crippen molar-refractivity contribution in [3.63, 3.8) is 0 Å². The molecule has 0 atom stereocenters. The van der Waals surface area contributed by atoms with E-state index in [0.717, 1.165) is 22.6 Å². The lowest BCUT2D eigenvalue weighted by Crippen LogP contribution is -2.23. The molecule has 0 aliphatic carbocycles. The summed E-state index contributed by atoms with van der Waals surface area (Å²) in [5.41, 5.74) is 3.32. The van der Waals surface area contributed by atoms with E-state index < -0.39 is 0 Å². The standard InChI is InChI=1S/C16H17N5/c1-16(2,3)21-13-6-5-11(10-17)9-12(13)19-15(21)14-7-8-18-20(14)4/h5-9H,1-4H3. The molecule has 2 aromatic heterocycles. The van der Waals surface area contributed by atoms with Crippen molar-refractivity contribution < 1.29 is 0 Å². The maximum atomic E-state index is 9.06. The number of nitrogens with zero attached hydrogens (tertiary/aromatic N) is 5. The summed E-state index contributed by atoms with van der Waals surface area (Å²) in [6.07, 6.45) is 1.77. The van der Waals surface area contributed by atoms with Crippen LogP contribution in [0.4, 0.5) is 0 Å². The van der Waals surface area contributed by atoms with Crippen molar-refractivity contribution in [1.29, 1.82) is 5.26 Å². The van der Waals surface area contributed by atoms with Gasteiger partial charge in [0.25, 0.3) is 0 Å². The zero-order valence-corrected chi connectivity index (χ0v) is 12.6. The highest BCUT2D eigenvalue weighted by molar-refractivity contribution is 5.81. The summed E-state index contributed by atoms with van der Waals surface area (Å²) in [7, 11) is 1.91. The second-order valence-electron chi connectivity index (χ2n) is 6.10. The van der Waals surface area contributed by atoms with Crippen molar-refractivity contribution in [3.8, 4) is 17.6 Å². The van der Waals surface area contributed by atoms with Crippen molar-refractivity contribution in [2.45, 2.75) is 26.3 Å².